The number of benzene rings is 1. The van der Waals surface area contributed by atoms with E-state index in [1.165, 1.54) is 9.13 Å². The van der Waals surface area contributed by atoms with E-state index >= 15 is 0 Å². The van der Waals surface area contributed by atoms with Crippen LogP contribution in [-0.4, -0.2) is 30.4 Å². The van der Waals surface area contributed by atoms with Crippen LogP contribution < -0.4 is 5.32 Å². The molecule has 0 aliphatic carbocycles. The lowest BCUT2D eigenvalue weighted by molar-refractivity contribution is -0.129. The summed E-state index contributed by atoms with van der Waals surface area (Å²) in [6, 6.07) is 8.35. The predicted molar refractivity (Wildman–Crippen MR) is 76.7 cm³/mol. The van der Waals surface area contributed by atoms with Gasteiger partial charge >= 0.3 is 0 Å². The number of rotatable bonds is 4. The van der Waals surface area contributed by atoms with Gasteiger partial charge in [0.2, 0.25) is 5.91 Å². The number of hydrogen-bond donors (Lipinski definition) is 1. The van der Waals surface area contributed by atoms with Crippen molar-refractivity contribution in [3.05, 3.63) is 33.4 Å². The van der Waals surface area contributed by atoms with Gasteiger partial charge in [-0.2, -0.15) is 0 Å². The number of likely N-dealkylation sites (tertiary alicyclic amines) is 1. The van der Waals surface area contributed by atoms with Gasteiger partial charge in [0.15, 0.2) is 0 Å². The molecule has 3 nitrogen and oxygen atoms in total. The molecule has 17 heavy (non-hydrogen) atoms. The van der Waals surface area contributed by atoms with Crippen molar-refractivity contribution in [1.82, 2.24) is 10.2 Å². The van der Waals surface area contributed by atoms with Crippen LogP contribution >= 0.6 is 22.6 Å². The summed E-state index contributed by atoms with van der Waals surface area (Å²) < 4.78 is 1.24. The van der Waals surface area contributed by atoms with Crippen molar-refractivity contribution in [3.63, 3.8) is 0 Å². The highest BCUT2D eigenvalue weighted by Crippen LogP contribution is 2.08. The van der Waals surface area contributed by atoms with Crippen molar-refractivity contribution in [2.45, 2.75) is 19.4 Å². The van der Waals surface area contributed by atoms with Gasteiger partial charge in [0, 0.05) is 23.2 Å². The fraction of sp³-hybridized carbons (Fsp3) is 0.462. The number of carbonyl (C=O) groups is 1. The molecular formula is C13H17IN2O. The number of nitrogens with one attached hydrogen (secondary N) is 1. The third-order valence-corrected chi connectivity index (χ3v) is 3.70. The van der Waals surface area contributed by atoms with Crippen LogP contribution in [-0.2, 0) is 11.3 Å². The molecule has 4 heteroatoms. The standard InChI is InChI=1S/C13H17IN2O/c14-12-5-3-11(4-6-12)9-15-10-13(17)16-7-1-2-8-16/h3-6,15H,1-2,7-10H2. The van der Waals surface area contributed by atoms with E-state index in [0.717, 1.165) is 32.5 Å². The molecule has 0 atom stereocenters. The summed E-state index contributed by atoms with van der Waals surface area (Å²) in [5.74, 6) is 0.230. The molecule has 1 saturated heterocycles. The number of amides is 1. The molecule has 1 N–H and O–H groups in total. The minimum absolute atomic E-state index is 0.230. The van der Waals surface area contributed by atoms with Gasteiger partial charge in [-0.25, -0.2) is 0 Å². The molecule has 0 saturated carbocycles. The first-order chi connectivity index (χ1) is 8.25. The first-order valence-corrected chi connectivity index (χ1v) is 7.06. The summed E-state index contributed by atoms with van der Waals surface area (Å²) in [5, 5.41) is 3.20. The molecule has 0 spiro atoms. The monoisotopic (exact) mass is 344 g/mol. The van der Waals surface area contributed by atoms with Gasteiger partial charge in [0.05, 0.1) is 6.54 Å². The number of carbonyl (C=O) groups excluding carboxylic acids is 1. The molecule has 1 aromatic carbocycles. The Morgan fingerprint density at radius 3 is 2.53 bits per heavy atom. The minimum Gasteiger partial charge on any atom is -0.342 e. The first-order valence-electron chi connectivity index (χ1n) is 5.98. The van der Waals surface area contributed by atoms with Crippen LogP contribution in [0.5, 0.6) is 0 Å². The van der Waals surface area contributed by atoms with Gasteiger partial charge in [-0.15, -0.1) is 0 Å². The van der Waals surface area contributed by atoms with Crippen LogP contribution in [0.25, 0.3) is 0 Å². The molecule has 0 bridgehead atoms. The molecule has 1 fully saturated rings. The topological polar surface area (TPSA) is 32.3 Å². The van der Waals surface area contributed by atoms with Crippen LogP contribution in [0.15, 0.2) is 24.3 Å². The second-order valence-corrected chi connectivity index (χ2v) is 5.56. The van der Waals surface area contributed by atoms with E-state index in [-0.39, 0.29) is 5.91 Å². The van der Waals surface area contributed by atoms with Crippen molar-refractivity contribution in [2.24, 2.45) is 0 Å². The van der Waals surface area contributed by atoms with Crippen LogP contribution in [0, 0.1) is 3.57 Å². The third kappa shape index (κ3) is 3.96. The third-order valence-electron chi connectivity index (χ3n) is 2.98. The summed E-state index contributed by atoms with van der Waals surface area (Å²) in [4.78, 5) is 13.7. The molecule has 0 unspecified atom stereocenters. The zero-order valence-corrected chi connectivity index (χ0v) is 11.9. The van der Waals surface area contributed by atoms with Gasteiger partial charge in [-0.3, -0.25) is 4.79 Å². The van der Waals surface area contributed by atoms with Gasteiger partial charge in [-0.05, 0) is 53.1 Å². The second-order valence-electron chi connectivity index (χ2n) is 4.32. The summed E-state index contributed by atoms with van der Waals surface area (Å²) >= 11 is 2.29. The molecule has 1 aromatic rings. The van der Waals surface area contributed by atoms with Crippen LogP contribution in [0.4, 0.5) is 0 Å². The molecule has 0 aromatic heterocycles. The SMILES string of the molecule is O=C(CNCc1ccc(I)cc1)N1CCCC1. The smallest absolute Gasteiger partial charge is 0.236 e. The fourth-order valence-electron chi connectivity index (χ4n) is 1.99. The molecule has 92 valence electrons. The lowest BCUT2D eigenvalue weighted by Crippen LogP contribution is -2.35. The van der Waals surface area contributed by atoms with Gasteiger partial charge < -0.3 is 10.2 Å². The molecule has 1 heterocycles. The van der Waals surface area contributed by atoms with E-state index in [1.807, 2.05) is 4.90 Å². The Balaban J connectivity index is 1.72. The number of halogens is 1. The summed E-state index contributed by atoms with van der Waals surface area (Å²) in [6.07, 6.45) is 2.31. The fourth-order valence-corrected chi connectivity index (χ4v) is 2.35. The van der Waals surface area contributed by atoms with Gasteiger partial charge in [-0.1, -0.05) is 12.1 Å². The van der Waals surface area contributed by atoms with Gasteiger partial charge in [0.1, 0.15) is 0 Å². The minimum atomic E-state index is 0.230. The first kappa shape index (κ1) is 12.8. The van der Waals surface area contributed by atoms with Crippen molar-refractivity contribution < 1.29 is 4.79 Å². The molecule has 1 aliphatic rings. The Morgan fingerprint density at radius 2 is 1.88 bits per heavy atom. The average Bonchev–Trinajstić information content (AvgIpc) is 2.85. The van der Waals surface area contributed by atoms with Crippen molar-refractivity contribution in [1.29, 1.82) is 0 Å². The van der Waals surface area contributed by atoms with E-state index in [0.29, 0.717) is 6.54 Å². The Hall–Kier alpha value is -0.620. The predicted octanol–water partition coefficient (Wildman–Crippen LogP) is 2.00. The molecule has 2 rings (SSSR count). The van der Waals surface area contributed by atoms with E-state index in [2.05, 4.69) is 52.2 Å². The Bertz CT molecular complexity index is 372. The van der Waals surface area contributed by atoms with Crippen molar-refractivity contribution in [3.8, 4) is 0 Å². The lowest BCUT2D eigenvalue weighted by atomic mass is 10.2. The van der Waals surface area contributed by atoms with E-state index in [9.17, 15) is 4.79 Å². The molecule has 1 amide bonds. The molecule has 0 radical (unpaired) electrons. The Labute approximate surface area is 116 Å². The van der Waals surface area contributed by atoms with E-state index in [1.54, 1.807) is 0 Å². The van der Waals surface area contributed by atoms with Crippen LogP contribution in [0.2, 0.25) is 0 Å². The zero-order valence-electron chi connectivity index (χ0n) is 9.79. The summed E-state index contributed by atoms with van der Waals surface area (Å²) in [6.45, 7) is 3.08. The highest BCUT2D eigenvalue weighted by Gasteiger charge is 2.16. The maximum atomic E-state index is 11.8. The summed E-state index contributed by atoms with van der Waals surface area (Å²) in [7, 11) is 0. The number of nitrogens with zero attached hydrogens (tertiary/aromatic N) is 1. The maximum Gasteiger partial charge on any atom is 0.236 e. The average molecular weight is 344 g/mol. The quantitative estimate of drug-likeness (QED) is 0.848. The highest BCUT2D eigenvalue weighted by molar-refractivity contribution is 14.1. The highest BCUT2D eigenvalue weighted by atomic mass is 127. The molecular weight excluding hydrogens is 327 g/mol. The largest absolute Gasteiger partial charge is 0.342 e. The van der Waals surface area contributed by atoms with Crippen LogP contribution in [0.3, 0.4) is 0 Å². The second kappa shape index (κ2) is 6.35. The lowest BCUT2D eigenvalue weighted by Gasteiger charge is -2.15. The van der Waals surface area contributed by atoms with Gasteiger partial charge in [0.25, 0.3) is 0 Å². The zero-order chi connectivity index (χ0) is 12.1. The molecule has 1 aliphatic heterocycles. The Morgan fingerprint density at radius 1 is 1.24 bits per heavy atom. The van der Waals surface area contributed by atoms with Crippen molar-refractivity contribution in [2.75, 3.05) is 19.6 Å². The van der Waals surface area contributed by atoms with E-state index < -0.39 is 0 Å². The number of hydrogen-bond acceptors (Lipinski definition) is 2. The maximum absolute atomic E-state index is 11.8. The van der Waals surface area contributed by atoms with Crippen molar-refractivity contribution >= 4 is 28.5 Å². The van der Waals surface area contributed by atoms with Crippen LogP contribution in [0.1, 0.15) is 18.4 Å². The Kier molecular flexibility index (Phi) is 4.79. The normalized spacial score (nSPS) is 15.2. The summed E-state index contributed by atoms with van der Waals surface area (Å²) in [5.41, 5.74) is 1.22. The van der Waals surface area contributed by atoms with E-state index in [4.69, 9.17) is 0 Å².